The van der Waals surface area contributed by atoms with Crippen LogP contribution in [0.2, 0.25) is 0 Å². The summed E-state index contributed by atoms with van der Waals surface area (Å²) in [5, 5.41) is 0.972. The third-order valence-electron chi connectivity index (χ3n) is 4.90. The van der Waals surface area contributed by atoms with E-state index in [9.17, 15) is 0 Å². The Morgan fingerprint density at radius 3 is 1.38 bits per heavy atom. The molecule has 0 saturated heterocycles. The third kappa shape index (κ3) is 8.33. The van der Waals surface area contributed by atoms with Crippen molar-refractivity contribution in [3.05, 3.63) is 0 Å². The van der Waals surface area contributed by atoms with Gasteiger partial charge in [0.2, 0.25) is 0 Å². The van der Waals surface area contributed by atoms with Gasteiger partial charge in [-0.05, 0) is 50.1 Å². The summed E-state index contributed by atoms with van der Waals surface area (Å²) in [6, 6.07) is 0. The topological polar surface area (TPSA) is 0 Å². The molecule has 0 heterocycles. The quantitative estimate of drug-likeness (QED) is 0.344. The van der Waals surface area contributed by atoms with Crippen molar-refractivity contribution < 1.29 is 21.5 Å². The van der Waals surface area contributed by atoms with E-state index >= 15 is 0 Å². The van der Waals surface area contributed by atoms with Crippen molar-refractivity contribution in [2.24, 2.45) is 0 Å². The summed E-state index contributed by atoms with van der Waals surface area (Å²) in [6.07, 6.45) is 4.26. The van der Waals surface area contributed by atoms with Crippen LogP contribution in [-0.2, 0) is 0 Å². The van der Waals surface area contributed by atoms with Gasteiger partial charge in [0.15, 0.2) is 0 Å². The van der Waals surface area contributed by atoms with Crippen molar-refractivity contribution in [1.29, 1.82) is 0 Å². The molecule has 0 radical (unpaired) electrons. The normalized spacial score (nSPS) is 13.4. The van der Waals surface area contributed by atoms with E-state index in [0.29, 0.717) is 10.3 Å². The summed E-state index contributed by atoms with van der Waals surface area (Å²) in [7, 11) is 0.0901. The van der Waals surface area contributed by atoms with Crippen molar-refractivity contribution in [2.45, 2.75) is 85.5 Å². The molecule has 0 rings (SSSR count). The van der Waals surface area contributed by atoms with Crippen LogP contribution < -0.4 is 17.0 Å². The number of quaternary nitrogens is 1. The number of rotatable bonds is 8. The number of hydrogen-bond acceptors (Lipinski definition) is 0. The predicted octanol–water partition coefficient (Wildman–Crippen LogP) is 2.73. The number of unbranched alkanes of at least 4 members (excludes halogenated alkanes) is 1. The Morgan fingerprint density at radius 1 is 0.714 bits per heavy atom. The zero-order valence-electron chi connectivity index (χ0n) is 16.2. The summed E-state index contributed by atoms with van der Waals surface area (Å²) in [5.74, 6) is 0. The van der Waals surface area contributed by atoms with E-state index in [0.717, 1.165) is 0 Å². The second-order valence-corrected chi connectivity index (χ2v) is 12.2. The van der Waals surface area contributed by atoms with E-state index in [1.165, 1.54) is 49.7 Å². The van der Waals surface area contributed by atoms with Gasteiger partial charge in [0.05, 0.1) is 26.2 Å². The predicted molar refractivity (Wildman–Crippen MR) is 97.3 cm³/mol. The molecular formula is C18H41BrNP. The van der Waals surface area contributed by atoms with Crippen molar-refractivity contribution >= 4 is 7.92 Å². The third-order valence-corrected chi connectivity index (χ3v) is 8.90. The fourth-order valence-corrected chi connectivity index (χ4v) is 7.43. The highest BCUT2D eigenvalue weighted by atomic mass is 79.9. The van der Waals surface area contributed by atoms with Crippen molar-refractivity contribution in [2.75, 3.05) is 32.3 Å². The van der Waals surface area contributed by atoms with Crippen LogP contribution in [0.25, 0.3) is 0 Å². The second kappa shape index (κ2) is 9.89. The molecule has 1 nitrogen and oxygen atoms in total. The molecule has 0 aliphatic rings. The zero-order chi connectivity index (χ0) is 16.0. The first kappa shape index (κ1) is 24.1. The van der Waals surface area contributed by atoms with Crippen molar-refractivity contribution in [3.8, 4) is 0 Å². The number of hydrogen-bond donors (Lipinski definition) is 0. The molecule has 0 fully saturated rings. The maximum Gasteiger partial charge on any atom is 0.0786 e. The summed E-state index contributed by atoms with van der Waals surface area (Å²) in [6.45, 7) is 26.9. The van der Waals surface area contributed by atoms with Crippen LogP contribution in [0.4, 0.5) is 0 Å². The van der Waals surface area contributed by atoms with E-state index in [4.69, 9.17) is 0 Å². The van der Waals surface area contributed by atoms with Gasteiger partial charge in [0.1, 0.15) is 0 Å². The first-order valence-electron chi connectivity index (χ1n) is 8.65. The second-order valence-electron chi connectivity index (χ2n) is 8.21. The molecule has 0 bridgehead atoms. The van der Waals surface area contributed by atoms with Crippen molar-refractivity contribution in [1.82, 2.24) is 0 Å². The van der Waals surface area contributed by atoms with E-state index in [2.05, 4.69) is 62.3 Å². The highest BCUT2D eigenvalue weighted by Crippen LogP contribution is 2.59. The lowest BCUT2D eigenvalue weighted by molar-refractivity contribution is -0.923. The van der Waals surface area contributed by atoms with E-state index in [1.54, 1.807) is 0 Å². The minimum absolute atomic E-state index is 0. The summed E-state index contributed by atoms with van der Waals surface area (Å²) < 4.78 is 1.31. The molecule has 21 heavy (non-hydrogen) atoms. The smallest absolute Gasteiger partial charge is 0.0786 e. The average Bonchev–Trinajstić information content (AvgIpc) is 2.31. The lowest BCUT2D eigenvalue weighted by Gasteiger charge is -2.42. The van der Waals surface area contributed by atoms with Gasteiger partial charge in [0, 0.05) is 0 Å². The first-order chi connectivity index (χ1) is 9.02. The molecular weight excluding hydrogens is 341 g/mol. The monoisotopic (exact) mass is 381 g/mol. The van der Waals surface area contributed by atoms with Crippen LogP contribution in [0.5, 0.6) is 0 Å². The molecule has 0 atom stereocenters. The summed E-state index contributed by atoms with van der Waals surface area (Å²) in [4.78, 5) is 0. The molecule has 0 saturated carbocycles. The van der Waals surface area contributed by atoms with Crippen LogP contribution in [0.1, 0.15) is 75.2 Å². The molecule has 0 spiro atoms. The maximum absolute atomic E-state index is 2.44. The Morgan fingerprint density at radius 2 is 1.10 bits per heavy atom. The first-order valence-corrected chi connectivity index (χ1v) is 10.2. The molecule has 0 amide bonds. The highest BCUT2D eigenvalue weighted by Gasteiger charge is 2.33. The minimum atomic E-state index is 0. The van der Waals surface area contributed by atoms with Crippen molar-refractivity contribution in [3.63, 3.8) is 0 Å². The summed E-state index contributed by atoms with van der Waals surface area (Å²) in [5.41, 5.74) is 0. The molecule has 0 aliphatic heterocycles. The number of halogens is 1. The Balaban J connectivity index is 0. The van der Waals surface area contributed by atoms with Crippen LogP contribution >= 0.6 is 7.92 Å². The Labute approximate surface area is 147 Å². The minimum Gasteiger partial charge on any atom is -1.00 e. The molecule has 0 aromatic rings. The van der Waals surface area contributed by atoms with Gasteiger partial charge in [-0.25, -0.2) is 0 Å². The highest BCUT2D eigenvalue weighted by molar-refractivity contribution is 7.60. The standard InChI is InChI=1S/C18H41NP.BrH/c1-10-19(11-2,12-3)15-13-14-16-20(17(4,5)6)18(7,8)9;/h10-16H2,1-9H3;1H/q+1;/p-1. The molecule has 0 aliphatic carbocycles. The molecule has 0 unspecified atom stereocenters. The molecule has 3 heteroatoms. The van der Waals surface area contributed by atoms with E-state index < -0.39 is 0 Å². The molecule has 0 aromatic heterocycles. The van der Waals surface area contributed by atoms with Gasteiger partial charge >= 0.3 is 0 Å². The SMILES string of the molecule is CC[N+](CC)(CC)CCCCP(C(C)(C)C)C(C)(C)C.[Br-]. The van der Waals surface area contributed by atoms with Gasteiger partial charge in [-0.2, -0.15) is 0 Å². The number of nitrogens with zero attached hydrogens (tertiary/aromatic N) is 1. The lowest BCUT2D eigenvalue weighted by atomic mass is 10.2. The maximum atomic E-state index is 2.44. The zero-order valence-corrected chi connectivity index (χ0v) is 18.7. The van der Waals surface area contributed by atoms with Gasteiger partial charge in [-0.15, -0.1) is 0 Å². The molecule has 0 aromatic carbocycles. The lowest BCUT2D eigenvalue weighted by Crippen LogP contribution is -3.00. The van der Waals surface area contributed by atoms with Crippen LogP contribution in [-0.4, -0.2) is 47.1 Å². The van der Waals surface area contributed by atoms with Gasteiger partial charge in [-0.3, -0.25) is 0 Å². The Hall–Kier alpha value is 0.870. The Kier molecular flexibility index (Phi) is 11.4. The average molecular weight is 382 g/mol. The van der Waals surface area contributed by atoms with Gasteiger partial charge in [-0.1, -0.05) is 49.5 Å². The fraction of sp³-hybridized carbons (Fsp3) is 1.00. The van der Waals surface area contributed by atoms with Crippen LogP contribution in [0, 0.1) is 0 Å². The fourth-order valence-electron chi connectivity index (χ4n) is 3.54. The van der Waals surface area contributed by atoms with Crippen LogP contribution in [0.3, 0.4) is 0 Å². The largest absolute Gasteiger partial charge is 1.00 e. The molecule has 0 N–H and O–H groups in total. The van der Waals surface area contributed by atoms with E-state index in [-0.39, 0.29) is 24.9 Å². The van der Waals surface area contributed by atoms with E-state index in [1.807, 2.05) is 0 Å². The summed E-state index contributed by atoms with van der Waals surface area (Å²) >= 11 is 0. The van der Waals surface area contributed by atoms with Gasteiger partial charge in [0.25, 0.3) is 0 Å². The van der Waals surface area contributed by atoms with Gasteiger partial charge < -0.3 is 21.5 Å². The van der Waals surface area contributed by atoms with Crippen LogP contribution in [0.15, 0.2) is 0 Å². The molecule has 130 valence electrons. The Bertz CT molecular complexity index is 239.